The number of pyridine rings is 1. The molecule has 10 nitrogen and oxygen atoms in total. The van der Waals surface area contributed by atoms with Gasteiger partial charge in [0.25, 0.3) is 17.7 Å². The third-order valence-corrected chi connectivity index (χ3v) is 5.50. The normalized spacial score (nSPS) is 14.8. The Kier molecular flexibility index (Phi) is 7.53. The molecule has 0 aromatic carbocycles. The number of nitrogens with one attached hydrogen (secondary N) is 3. The average molecular weight is 481 g/mol. The van der Waals surface area contributed by atoms with Crippen molar-refractivity contribution in [1.29, 1.82) is 0 Å². The number of aromatic nitrogens is 1. The summed E-state index contributed by atoms with van der Waals surface area (Å²) in [6, 6.07) is 3.57. The van der Waals surface area contributed by atoms with E-state index in [1.54, 1.807) is 12.3 Å². The number of ether oxygens (including phenoxy) is 1. The predicted octanol–water partition coefficient (Wildman–Crippen LogP) is 3.54. The number of carbonyl (C=O) groups is 4. The molecule has 33 heavy (non-hydrogen) atoms. The van der Waals surface area contributed by atoms with E-state index in [4.69, 9.17) is 0 Å². The van der Waals surface area contributed by atoms with Crippen LogP contribution in [-0.4, -0.2) is 59.4 Å². The quantitative estimate of drug-likeness (QED) is 0.599. The van der Waals surface area contributed by atoms with Crippen LogP contribution in [0.1, 0.15) is 40.5 Å². The number of nitrogens with zero attached hydrogens (tertiary/aromatic N) is 2. The maximum Gasteiger partial charge on any atom is 0.414 e. The second-order valence-corrected chi connectivity index (χ2v) is 7.91. The number of hydrogen-bond acceptors (Lipinski definition) is 7. The van der Waals surface area contributed by atoms with Crippen LogP contribution in [0.25, 0.3) is 0 Å². The molecule has 3 rings (SSSR count). The van der Waals surface area contributed by atoms with Crippen LogP contribution < -0.4 is 16.0 Å². The molecule has 1 aliphatic heterocycles. The standard InChI is InChI=1S/C20H21F2N5O5S/c1-2-32-19(31)26-16(29)13-4-10-33-17(13)25-15(28)12-3-7-23-14(11-12)24-18(30)27-8-5-20(21,22)6-9-27/h3-4,7,10-11H,2,5-6,8-9H2,1H3,(H,25,28)(H,23,24,30)(H,26,29,31). The van der Waals surface area contributed by atoms with Crippen LogP contribution in [0.3, 0.4) is 0 Å². The molecule has 0 saturated carbocycles. The minimum atomic E-state index is -2.78. The Bertz CT molecular complexity index is 1050. The van der Waals surface area contributed by atoms with E-state index in [0.717, 1.165) is 11.3 Å². The molecule has 2 aromatic rings. The Hall–Kier alpha value is -3.61. The lowest BCUT2D eigenvalue weighted by Crippen LogP contribution is -2.44. The molecule has 0 spiro atoms. The summed E-state index contributed by atoms with van der Waals surface area (Å²) in [5.41, 5.74) is 0.210. The van der Waals surface area contributed by atoms with Gasteiger partial charge in [0.1, 0.15) is 10.8 Å². The second-order valence-electron chi connectivity index (χ2n) is 7.00. The van der Waals surface area contributed by atoms with Crippen LogP contribution >= 0.6 is 11.3 Å². The smallest absolute Gasteiger partial charge is 0.414 e. The van der Waals surface area contributed by atoms with E-state index in [-0.39, 0.29) is 41.6 Å². The van der Waals surface area contributed by atoms with Gasteiger partial charge in [-0.1, -0.05) is 0 Å². The van der Waals surface area contributed by atoms with Gasteiger partial charge in [-0.2, -0.15) is 0 Å². The molecule has 1 aliphatic rings. The first-order valence-corrected chi connectivity index (χ1v) is 10.8. The fraction of sp³-hybridized carbons (Fsp3) is 0.350. The Morgan fingerprint density at radius 2 is 1.88 bits per heavy atom. The van der Waals surface area contributed by atoms with Crippen molar-refractivity contribution in [1.82, 2.24) is 15.2 Å². The fourth-order valence-corrected chi connectivity index (χ4v) is 3.73. The number of piperidine rings is 1. The summed E-state index contributed by atoms with van der Waals surface area (Å²) < 4.78 is 31.2. The summed E-state index contributed by atoms with van der Waals surface area (Å²) >= 11 is 1.08. The number of anilines is 2. The molecule has 1 fully saturated rings. The number of thiophene rings is 1. The first-order valence-electron chi connectivity index (χ1n) is 9.95. The summed E-state index contributed by atoms with van der Waals surface area (Å²) in [5.74, 6) is -4.03. The van der Waals surface area contributed by atoms with Gasteiger partial charge >= 0.3 is 12.1 Å². The number of likely N-dealkylation sites (tertiary alicyclic amines) is 1. The molecule has 0 bridgehead atoms. The Morgan fingerprint density at radius 3 is 2.58 bits per heavy atom. The van der Waals surface area contributed by atoms with E-state index < -0.39 is 42.7 Å². The molecule has 0 aliphatic carbocycles. The van der Waals surface area contributed by atoms with E-state index in [0.29, 0.717) is 0 Å². The number of rotatable bonds is 5. The van der Waals surface area contributed by atoms with Gasteiger partial charge < -0.3 is 15.0 Å². The molecule has 13 heteroatoms. The second kappa shape index (κ2) is 10.3. The SMILES string of the molecule is CCOC(=O)NC(=O)c1ccsc1NC(=O)c1ccnc(NC(=O)N2CCC(F)(F)CC2)c1. The Labute approximate surface area is 191 Å². The lowest BCUT2D eigenvalue weighted by molar-refractivity contribution is -0.0461. The van der Waals surface area contributed by atoms with Crippen molar-refractivity contribution < 1.29 is 32.7 Å². The third-order valence-electron chi connectivity index (χ3n) is 4.67. The zero-order valence-corrected chi connectivity index (χ0v) is 18.3. The van der Waals surface area contributed by atoms with E-state index in [2.05, 4.69) is 20.4 Å². The van der Waals surface area contributed by atoms with Crippen LogP contribution in [-0.2, 0) is 4.74 Å². The van der Waals surface area contributed by atoms with Gasteiger partial charge in [0.2, 0.25) is 0 Å². The summed E-state index contributed by atoms with van der Waals surface area (Å²) in [5, 5.41) is 8.89. The molecule has 176 valence electrons. The van der Waals surface area contributed by atoms with Crippen molar-refractivity contribution in [3.05, 3.63) is 40.9 Å². The van der Waals surface area contributed by atoms with Gasteiger partial charge in [-0.3, -0.25) is 20.2 Å². The molecule has 2 aromatic heterocycles. The highest BCUT2D eigenvalue weighted by Gasteiger charge is 2.35. The first-order chi connectivity index (χ1) is 15.7. The number of alkyl halides is 2. The van der Waals surface area contributed by atoms with Crippen molar-refractivity contribution in [2.24, 2.45) is 0 Å². The summed E-state index contributed by atoms with van der Waals surface area (Å²) in [4.78, 5) is 53.9. The number of halogens is 2. The van der Waals surface area contributed by atoms with Crippen molar-refractivity contribution in [3.8, 4) is 0 Å². The van der Waals surface area contributed by atoms with Gasteiger partial charge in [-0.15, -0.1) is 11.3 Å². The van der Waals surface area contributed by atoms with Crippen molar-refractivity contribution in [3.63, 3.8) is 0 Å². The zero-order chi connectivity index (χ0) is 24.0. The molecule has 0 atom stereocenters. The number of imide groups is 1. The monoisotopic (exact) mass is 481 g/mol. The predicted molar refractivity (Wildman–Crippen MR) is 116 cm³/mol. The van der Waals surface area contributed by atoms with Gasteiger partial charge in [-0.05, 0) is 30.5 Å². The molecule has 0 radical (unpaired) electrons. The van der Waals surface area contributed by atoms with Crippen molar-refractivity contribution in [2.45, 2.75) is 25.7 Å². The highest BCUT2D eigenvalue weighted by molar-refractivity contribution is 7.14. The lowest BCUT2D eigenvalue weighted by atomic mass is 10.1. The third kappa shape index (κ3) is 6.44. The summed E-state index contributed by atoms with van der Waals surface area (Å²) in [6.07, 6.45) is -0.428. The Morgan fingerprint density at radius 1 is 1.15 bits per heavy atom. The molecule has 0 unspecified atom stereocenters. The molecular formula is C20H21F2N5O5S. The number of urea groups is 1. The minimum Gasteiger partial charge on any atom is -0.450 e. The molecule has 3 heterocycles. The number of hydrogen-bond donors (Lipinski definition) is 3. The highest BCUT2D eigenvalue weighted by atomic mass is 32.1. The number of alkyl carbamates (subject to hydrolysis) is 1. The van der Waals surface area contributed by atoms with Gasteiger partial charge in [-0.25, -0.2) is 23.4 Å². The molecule has 1 saturated heterocycles. The molecule has 5 amide bonds. The summed E-state index contributed by atoms with van der Waals surface area (Å²) in [6.45, 7) is 1.51. The van der Waals surface area contributed by atoms with E-state index in [1.807, 2.05) is 5.32 Å². The number of carbonyl (C=O) groups excluding carboxylic acids is 4. The molecule has 3 N–H and O–H groups in total. The first kappa shape index (κ1) is 24.0. The fourth-order valence-electron chi connectivity index (χ4n) is 2.95. The topological polar surface area (TPSA) is 130 Å². The zero-order valence-electron chi connectivity index (χ0n) is 17.5. The van der Waals surface area contributed by atoms with Gasteiger partial charge in [0, 0.05) is 37.7 Å². The largest absolute Gasteiger partial charge is 0.450 e. The van der Waals surface area contributed by atoms with Gasteiger partial charge in [0.15, 0.2) is 0 Å². The van der Waals surface area contributed by atoms with Crippen molar-refractivity contribution in [2.75, 3.05) is 30.3 Å². The van der Waals surface area contributed by atoms with Crippen LogP contribution in [0.4, 0.5) is 29.2 Å². The maximum absolute atomic E-state index is 13.3. The Balaban J connectivity index is 1.63. The van der Waals surface area contributed by atoms with Crippen LogP contribution in [0.2, 0.25) is 0 Å². The molecular weight excluding hydrogens is 460 g/mol. The average Bonchev–Trinajstić information content (AvgIpc) is 3.22. The van der Waals surface area contributed by atoms with Crippen molar-refractivity contribution >= 4 is 46.1 Å². The van der Waals surface area contributed by atoms with Crippen LogP contribution in [0.15, 0.2) is 29.8 Å². The van der Waals surface area contributed by atoms with Gasteiger partial charge in [0.05, 0.1) is 12.2 Å². The van der Waals surface area contributed by atoms with Crippen LogP contribution in [0, 0.1) is 0 Å². The van der Waals surface area contributed by atoms with Crippen LogP contribution in [0.5, 0.6) is 0 Å². The van der Waals surface area contributed by atoms with E-state index >= 15 is 0 Å². The minimum absolute atomic E-state index is 0.0661. The lowest BCUT2D eigenvalue weighted by Gasteiger charge is -2.31. The maximum atomic E-state index is 13.3. The number of amides is 5. The van der Waals surface area contributed by atoms with E-state index in [9.17, 15) is 28.0 Å². The summed E-state index contributed by atoms with van der Waals surface area (Å²) in [7, 11) is 0. The highest BCUT2D eigenvalue weighted by Crippen LogP contribution is 2.28. The van der Waals surface area contributed by atoms with E-state index in [1.165, 1.54) is 29.3 Å².